The first-order valence-corrected chi connectivity index (χ1v) is 9.50. The van der Waals surface area contributed by atoms with Crippen molar-refractivity contribution in [1.82, 2.24) is 10.2 Å². The second-order valence-corrected chi connectivity index (χ2v) is 7.56. The van der Waals surface area contributed by atoms with Gasteiger partial charge >= 0.3 is 5.97 Å². The van der Waals surface area contributed by atoms with E-state index >= 15 is 0 Å². The minimum absolute atomic E-state index is 0.0342. The Morgan fingerprint density at radius 2 is 2.00 bits per heavy atom. The Hall–Kier alpha value is -2.02. The van der Waals surface area contributed by atoms with Crippen molar-refractivity contribution in [3.05, 3.63) is 35.9 Å². The Morgan fingerprint density at radius 3 is 2.68 bits per heavy atom. The molecule has 0 aromatic heterocycles. The third-order valence-electron chi connectivity index (χ3n) is 4.31. The van der Waals surface area contributed by atoms with Crippen LogP contribution in [0.3, 0.4) is 0 Å². The Morgan fingerprint density at radius 1 is 1.28 bits per heavy atom. The third-order valence-corrected chi connectivity index (χ3v) is 5.25. The highest BCUT2D eigenvalue weighted by atomic mass is 32.2. The number of nitrogens with zero attached hydrogens (tertiary/aromatic N) is 1. The summed E-state index contributed by atoms with van der Waals surface area (Å²) >= 11 is 1.27. The molecule has 1 fully saturated rings. The predicted octanol–water partition coefficient (Wildman–Crippen LogP) is 1.86. The van der Waals surface area contributed by atoms with Gasteiger partial charge in [0.2, 0.25) is 5.91 Å². The first kappa shape index (κ1) is 19.3. The molecule has 0 aliphatic carbocycles. The van der Waals surface area contributed by atoms with Crippen molar-refractivity contribution in [2.75, 3.05) is 31.1 Å². The lowest BCUT2D eigenvalue weighted by atomic mass is 9.80. The summed E-state index contributed by atoms with van der Waals surface area (Å²) in [5, 5.41) is 11.5. The van der Waals surface area contributed by atoms with Gasteiger partial charge < -0.3 is 15.3 Å². The maximum absolute atomic E-state index is 12.6. The molecule has 1 heterocycles. The van der Waals surface area contributed by atoms with E-state index in [1.165, 1.54) is 11.8 Å². The van der Waals surface area contributed by atoms with Crippen molar-refractivity contribution < 1.29 is 19.5 Å². The number of likely N-dealkylation sites (tertiary alicyclic amines) is 1. The molecular weight excluding hydrogens is 340 g/mol. The number of hydrogen-bond donors (Lipinski definition) is 2. The Labute approximate surface area is 152 Å². The van der Waals surface area contributed by atoms with Crippen LogP contribution in [0.25, 0.3) is 0 Å². The number of hydrogen-bond acceptors (Lipinski definition) is 4. The van der Waals surface area contributed by atoms with Gasteiger partial charge in [-0.25, -0.2) is 0 Å². The number of carbonyl (C=O) groups is 3. The highest BCUT2D eigenvalue weighted by Crippen LogP contribution is 2.30. The summed E-state index contributed by atoms with van der Waals surface area (Å²) in [6.45, 7) is 3.37. The molecule has 1 unspecified atom stereocenters. The predicted molar refractivity (Wildman–Crippen MR) is 97.7 cm³/mol. The first-order chi connectivity index (χ1) is 11.9. The lowest BCUT2D eigenvalue weighted by molar-refractivity contribution is -0.134. The van der Waals surface area contributed by atoms with E-state index < -0.39 is 11.4 Å². The number of benzene rings is 1. The molecular formula is C18H24N2O4S. The zero-order valence-electron chi connectivity index (χ0n) is 14.4. The Bertz CT molecular complexity index is 623. The molecule has 2 amide bonds. The summed E-state index contributed by atoms with van der Waals surface area (Å²) in [6, 6.07) is 9.10. The van der Waals surface area contributed by atoms with Crippen LogP contribution in [0, 0.1) is 5.41 Å². The molecule has 1 aromatic rings. The van der Waals surface area contributed by atoms with E-state index in [0.29, 0.717) is 31.0 Å². The number of thioether (sulfide) groups is 1. The minimum Gasteiger partial charge on any atom is -0.481 e. The normalized spacial score (nSPS) is 20.1. The number of carbonyl (C=O) groups excluding carboxylic acids is 2. The van der Waals surface area contributed by atoms with Gasteiger partial charge in [0.25, 0.3) is 5.91 Å². The van der Waals surface area contributed by atoms with Crippen LogP contribution in [0.15, 0.2) is 30.3 Å². The largest absolute Gasteiger partial charge is 0.481 e. The van der Waals surface area contributed by atoms with Gasteiger partial charge in [-0.1, -0.05) is 18.2 Å². The van der Waals surface area contributed by atoms with Crippen LogP contribution < -0.4 is 5.32 Å². The van der Waals surface area contributed by atoms with E-state index in [2.05, 4.69) is 5.32 Å². The van der Waals surface area contributed by atoms with Crippen LogP contribution in [-0.4, -0.2) is 58.9 Å². The minimum atomic E-state index is -0.856. The van der Waals surface area contributed by atoms with Crippen molar-refractivity contribution in [3.63, 3.8) is 0 Å². The maximum Gasteiger partial charge on any atom is 0.313 e. The summed E-state index contributed by atoms with van der Waals surface area (Å²) in [6.07, 6.45) is 1.52. The van der Waals surface area contributed by atoms with Gasteiger partial charge in [-0.05, 0) is 31.9 Å². The van der Waals surface area contributed by atoms with Gasteiger partial charge in [0.1, 0.15) is 0 Å². The number of rotatable bonds is 7. The monoisotopic (exact) mass is 364 g/mol. The van der Waals surface area contributed by atoms with Gasteiger partial charge in [-0.2, -0.15) is 0 Å². The fraction of sp³-hybridized carbons (Fsp3) is 0.500. The molecule has 6 nitrogen and oxygen atoms in total. The zero-order chi connectivity index (χ0) is 18.3. The summed E-state index contributed by atoms with van der Waals surface area (Å²) in [4.78, 5) is 37.4. The summed E-state index contributed by atoms with van der Waals surface area (Å²) in [5.41, 5.74) is 0.0254. The topological polar surface area (TPSA) is 86.7 Å². The lowest BCUT2D eigenvalue weighted by Gasteiger charge is -2.39. The van der Waals surface area contributed by atoms with Gasteiger partial charge in [0.15, 0.2) is 0 Å². The Balaban J connectivity index is 1.88. The molecule has 7 heteroatoms. The SMILES string of the molecule is CC1(C(=O)NCCSCC(=O)O)CCCN(C(=O)c2ccccc2)C1. The second-order valence-electron chi connectivity index (χ2n) is 6.46. The standard InChI is InChI=1S/C18H24N2O4S/c1-18(17(24)19-9-11-25-12-15(21)22)8-5-10-20(13-18)16(23)14-6-3-2-4-7-14/h2-4,6-7H,5,8-13H2,1H3,(H,19,24)(H,21,22). The average molecular weight is 364 g/mol. The van der Waals surface area contributed by atoms with Gasteiger partial charge in [-0.3, -0.25) is 14.4 Å². The van der Waals surface area contributed by atoms with Gasteiger partial charge in [0.05, 0.1) is 11.2 Å². The van der Waals surface area contributed by atoms with Crippen LogP contribution in [0.2, 0.25) is 0 Å². The molecule has 0 bridgehead atoms. The van der Waals surface area contributed by atoms with Gasteiger partial charge in [-0.15, -0.1) is 11.8 Å². The molecule has 0 saturated carbocycles. The molecule has 2 rings (SSSR count). The van der Waals surface area contributed by atoms with Crippen LogP contribution in [-0.2, 0) is 9.59 Å². The molecule has 136 valence electrons. The van der Waals surface area contributed by atoms with Gasteiger partial charge in [0, 0.05) is 31.0 Å². The fourth-order valence-electron chi connectivity index (χ4n) is 2.97. The molecule has 0 radical (unpaired) electrons. The van der Waals surface area contributed by atoms with Crippen LogP contribution in [0.5, 0.6) is 0 Å². The van der Waals surface area contributed by atoms with E-state index in [4.69, 9.17) is 5.11 Å². The number of piperidine rings is 1. The average Bonchev–Trinajstić information content (AvgIpc) is 2.61. The van der Waals surface area contributed by atoms with Crippen molar-refractivity contribution in [3.8, 4) is 0 Å². The molecule has 1 aliphatic rings. The smallest absolute Gasteiger partial charge is 0.313 e. The highest BCUT2D eigenvalue weighted by molar-refractivity contribution is 7.99. The van der Waals surface area contributed by atoms with E-state index in [1.54, 1.807) is 17.0 Å². The Kier molecular flexibility index (Phi) is 6.87. The van der Waals surface area contributed by atoms with E-state index in [-0.39, 0.29) is 17.6 Å². The lowest BCUT2D eigenvalue weighted by Crippen LogP contribution is -2.52. The molecule has 2 N–H and O–H groups in total. The quantitative estimate of drug-likeness (QED) is 0.721. The second kappa shape index (κ2) is 8.89. The molecule has 0 spiro atoms. The molecule has 1 saturated heterocycles. The third kappa shape index (κ3) is 5.49. The van der Waals surface area contributed by atoms with Crippen molar-refractivity contribution in [2.45, 2.75) is 19.8 Å². The number of carboxylic acid groups (broad SMARTS) is 1. The van der Waals surface area contributed by atoms with Crippen LogP contribution in [0.1, 0.15) is 30.1 Å². The fourth-order valence-corrected chi connectivity index (χ4v) is 3.54. The zero-order valence-corrected chi connectivity index (χ0v) is 15.2. The number of amides is 2. The van der Waals surface area contributed by atoms with E-state index in [0.717, 1.165) is 12.8 Å². The maximum atomic E-state index is 12.6. The van der Waals surface area contributed by atoms with Crippen molar-refractivity contribution in [1.29, 1.82) is 0 Å². The number of carboxylic acids is 1. The molecule has 1 aromatic carbocycles. The molecule has 25 heavy (non-hydrogen) atoms. The van der Waals surface area contributed by atoms with Crippen LogP contribution in [0.4, 0.5) is 0 Å². The summed E-state index contributed by atoms with van der Waals surface area (Å²) < 4.78 is 0. The summed E-state index contributed by atoms with van der Waals surface area (Å²) in [5.74, 6) is -0.385. The van der Waals surface area contributed by atoms with Crippen LogP contribution >= 0.6 is 11.8 Å². The van der Waals surface area contributed by atoms with Crippen molar-refractivity contribution >= 4 is 29.5 Å². The number of aliphatic carboxylic acids is 1. The highest BCUT2D eigenvalue weighted by Gasteiger charge is 2.39. The van der Waals surface area contributed by atoms with E-state index in [9.17, 15) is 14.4 Å². The first-order valence-electron chi connectivity index (χ1n) is 8.34. The van der Waals surface area contributed by atoms with E-state index in [1.807, 2.05) is 25.1 Å². The molecule has 1 atom stereocenters. The molecule has 1 aliphatic heterocycles. The number of nitrogens with one attached hydrogen (secondary N) is 1. The summed E-state index contributed by atoms with van der Waals surface area (Å²) in [7, 11) is 0. The van der Waals surface area contributed by atoms with Crippen molar-refractivity contribution in [2.24, 2.45) is 5.41 Å².